The maximum atomic E-state index is 11.8. The minimum atomic E-state index is -1.06. The van der Waals surface area contributed by atoms with Gasteiger partial charge in [0.2, 0.25) is 5.91 Å². The van der Waals surface area contributed by atoms with Gasteiger partial charge in [-0.15, -0.1) is 0 Å². The van der Waals surface area contributed by atoms with E-state index in [1.54, 1.807) is 18.2 Å². The van der Waals surface area contributed by atoms with Crippen LogP contribution in [0.4, 0.5) is 5.69 Å². The first kappa shape index (κ1) is 16.2. The number of carboxylic acids is 1. The highest BCUT2D eigenvalue weighted by Gasteiger charge is 2.13. The van der Waals surface area contributed by atoms with Crippen molar-refractivity contribution in [3.63, 3.8) is 0 Å². The second-order valence-corrected chi connectivity index (χ2v) is 4.86. The fourth-order valence-electron chi connectivity index (χ4n) is 1.98. The van der Waals surface area contributed by atoms with Gasteiger partial charge in [0.25, 0.3) is 0 Å². The van der Waals surface area contributed by atoms with Crippen molar-refractivity contribution in [2.75, 3.05) is 5.32 Å². The third kappa shape index (κ3) is 5.40. The van der Waals surface area contributed by atoms with Crippen LogP contribution in [-0.2, 0) is 4.79 Å². The van der Waals surface area contributed by atoms with Crippen LogP contribution in [0.5, 0.6) is 0 Å². The molecule has 1 aromatic rings. The first-order chi connectivity index (χ1) is 9.54. The summed E-state index contributed by atoms with van der Waals surface area (Å²) in [6.07, 6.45) is 4.25. The van der Waals surface area contributed by atoms with Crippen LogP contribution < -0.4 is 11.1 Å². The number of rotatable bonds is 8. The number of hydrogen-bond donors (Lipinski definition) is 3. The lowest BCUT2D eigenvalue weighted by atomic mass is 10.1. The van der Waals surface area contributed by atoms with E-state index in [2.05, 4.69) is 12.2 Å². The number of carbonyl (C=O) groups is 2. The third-order valence-corrected chi connectivity index (χ3v) is 3.06. The zero-order chi connectivity index (χ0) is 15.0. The fraction of sp³-hybridized carbons (Fsp3) is 0.467. The minimum absolute atomic E-state index is 0.0837. The van der Waals surface area contributed by atoms with Crippen LogP contribution in [0.15, 0.2) is 24.3 Å². The number of hydrogen-bond acceptors (Lipinski definition) is 3. The molecule has 110 valence electrons. The quantitative estimate of drug-likeness (QED) is 0.637. The lowest BCUT2D eigenvalue weighted by molar-refractivity contribution is -0.116. The van der Waals surface area contributed by atoms with E-state index in [9.17, 15) is 9.59 Å². The number of para-hydroxylation sites is 1. The zero-order valence-electron chi connectivity index (χ0n) is 11.8. The van der Waals surface area contributed by atoms with Crippen molar-refractivity contribution < 1.29 is 14.7 Å². The van der Waals surface area contributed by atoms with Gasteiger partial charge in [-0.1, -0.05) is 38.3 Å². The molecule has 4 N–H and O–H groups in total. The number of unbranched alkanes of at least 4 members (excludes halogenated alkanes) is 2. The summed E-state index contributed by atoms with van der Waals surface area (Å²) in [5.41, 5.74) is 6.28. The highest BCUT2D eigenvalue weighted by molar-refractivity contribution is 6.00. The molecule has 0 saturated heterocycles. The number of anilines is 1. The summed E-state index contributed by atoms with van der Waals surface area (Å²) in [6, 6.07) is 6.15. The smallest absolute Gasteiger partial charge is 0.337 e. The lowest BCUT2D eigenvalue weighted by Gasteiger charge is -2.12. The molecule has 1 unspecified atom stereocenters. The predicted octanol–water partition coefficient (Wildman–Crippen LogP) is 2.62. The summed E-state index contributed by atoms with van der Waals surface area (Å²) in [7, 11) is 0. The highest BCUT2D eigenvalue weighted by atomic mass is 16.4. The van der Waals surface area contributed by atoms with E-state index in [1.165, 1.54) is 6.07 Å². The Hall–Kier alpha value is -1.88. The normalized spacial score (nSPS) is 11.9. The van der Waals surface area contributed by atoms with E-state index < -0.39 is 5.97 Å². The van der Waals surface area contributed by atoms with Crippen molar-refractivity contribution in [3.05, 3.63) is 29.8 Å². The van der Waals surface area contributed by atoms with Gasteiger partial charge in [-0.05, 0) is 18.6 Å². The van der Waals surface area contributed by atoms with Crippen LogP contribution in [0.25, 0.3) is 0 Å². The molecule has 0 spiro atoms. The van der Waals surface area contributed by atoms with Crippen molar-refractivity contribution in [1.29, 1.82) is 0 Å². The van der Waals surface area contributed by atoms with Gasteiger partial charge >= 0.3 is 5.97 Å². The number of aromatic carboxylic acids is 1. The van der Waals surface area contributed by atoms with E-state index in [0.717, 1.165) is 25.7 Å². The molecule has 0 aliphatic heterocycles. The molecular formula is C15H22N2O3. The van der Waals surface area contributed by atoms with Gasteiger partial charge in [-0.2, -0.15) is 0 Å². The van der Waals surface area contributed by atoms with Crippen LogP contribution in [0.3, 0.4) is 0 Å². The summed E-state index contributed by atoms with van der Waals surface area (Å²) in [5.74, 6) is -1.31. The summed E-state index contributed by atoms with van der Waals surface area (Å²) < 4.78 is 0. The molecule has 0 aliphatic rings. The van der Waals surface area contributed by atoms with Crippen LogP contribution in [0, 0.1) is 0 Å². The molecule has 0 saturated carbocycles. The van der Waals surface area contributed by atoms with Crippen molar-refractivity contribution in [1.82, 2.24) is 0 Å². The average Bonchev–Trinajstić information content (AvgIpc) is 2.39. The molecule has 1 aromatic carbocycles. The van der Waals surface area contributed by atoms with Gasteiger partial charge in [-0.25, -0.2) is 4.79 Å². The number of nitrogens with one attached hydrogen (secondary N) is 1. The maximum absolute atomic E-state index is 11.8. The van der Waals surface area contributed by atoms with E-state index in [1.807, 2.05) is 0 Å². The van der Waals surface area contributed by atoms with Gasteiger partial charge in [0, 0.05) is 12.5 Å². The number of carboxylic acid groups (broad SMARTS) is 1. The Kier molecular flexibility index (Phi) is 6.73. The van der Waals surface area contributed by atoms with Gasteiger partial charge in [0.15, 0.2) is 0 Å². The molecule has 5 nitrogen and oxygen atoms in total. The fourth-order valence-corrected chi connectivity index (χ4v) is 1.98. The van der Waals surface area contributed by atoms with Crippen LogP contribution in [0.1, 0.15) is 49.4 Å². The molecule has 0 bridgehead atoms. The molecular weight excluding hydrogens is 256 g/mol. The standard InChI is InChI=1S/C15H22N2O3/c1-2-3-4-7-11(16)10-14(18)17-13-9-6-5-8-12(13)15(19)20/h5-6,8-9,11H,2-4,7,10,16H2,1H3,(H,17,18)(H,19,20). The monoisotopic (exact) mass is 278 g/mol. The summed E-state index contributed by atoms with van der Waals surface area (Å²) in [5, 5.41) is 11.6. The largest absolute Gasteiger partial charge is 0.478 e. The van der Waals surface area contributed by atoms with Gasteiger partial charge in [0.05, 0.1) is 11.3 Å². The Bertz CT molecular complexity index is 460. The Morgan fingerprint density at radius 1 is 1.30 bits per heavy atom. The summed E-state index contributed by atoms with van der Waals surface area (Å²) in [4.78, 5) is 22.9. The van der Waals surface area contributed by atoms with E-state index >= 15 is 0 Å². The number of carbonyl (C=O) groups excluding carboxylic acids is 1. The Labute approximate surface area is 119 Å². The maximum Gasteiger partial charge on any atom is 0.337 e. The van der Waals surface area contributed by atoms with E-state index in [0.29, 0.717) is 5.69 Å². The highest BCUT2D eigenvalue weighted by Crippen LogP contribution is 2.15. The second-order valence-electron chi connectivity index (χ2n) is 4.86. The molecule has 1 atom stereocenters. The van der Waals surface area contributed by atoms with E-state index in [-0.39, 0.29) is 23.9 Å². The molecule has 0 heterocycles. The van der Waals surface area contributed by atoms with Gasteiger partial charge in [0.1, 0.15) is 0 Å². The summed E-state index contributed by atoms with van der Waals surface area (Å²) in [6.45, 7) is 2.11. The first-order valence-corrected chi connectivity index (χ1v) is 6.92. The van der Waals surface area contributed by atoms with Crippen LogP contribution in [-0.4, -0.2) is 23.0 Å². The van der Waals surface area contributed by atoms with Gasteiger partial charge < -0.3 is 16.2 Å². The first-order valence-electron chi connectivity index (χ1n) is 6.92. The van der Waals surface area contributed by atoms with Crippen molar-refractivity contribution in [2.45, 2.75) is 45.1 Å². The molecule has 20 heavy (non-hydrogen) atoms. The number of amides is 1. The lowest BCUT2D eigenvalue weighted by Crippen LogP contribution is -2.27. The van der Waals surface area contributed by atoms with Crippen molar-refractivity contribution >= 4 is 17.6 Å². The predicted molar refractivity (Wildman–Crippen MR) is 78.8 cm³/mol. The SMILES string of the molecule is CCCCCC(N)CC(=O)Nc1ccccc1C(=O)O. The molecule has 0 fully saturated rings. The Balaban J connectivity index is 2.52. The van der Waals surface area contributed by atoms with Crippen molar-refractivity contribution in [2.24, 2.45) is 5.73 Å². The molecule has 1 amide bonds. The zero-order valence-corrected chi connectivity index (χ0v) is 11.8. The number of benzene rings is 1. The molecule has 1 rings (SSSR count). The van der Waals surface area contributed by atoms with Crippen molar-refractivity contribution in [3.8, 4) is 0 Å². The average molecular weight is 278 g/mol. The Morgan fingerprint density at radius 2 is 2.00 bits per heavy atom. The topological polar surface area (TPSA) is 92.4 Å². The summed E-state index contributed by atoms with van der Waals surface area (Å²) >= 11 is 0. The Morgan fingerprint density at radius 3 is 2.65 bits per heavy atom. The molecule has 0 aromatic heterocycles. The number of nitrogens with two attached hydrogens (primary N) is 1. The van der Waals surface area contributed by atoms with Gasteiger partial charge in [-0.3, -0.25) is 4.79 Å². The van der Waals surface area contributed by atoms with E-state index in [4.69, 9.17) is 10.8 Å². The third-order valence-electron chi connectivity index (χ3n) is 3.06. The molecule has 0 radical (unpaired) electrons. The molecule has 5 heteroatoms. The second kappa shape index (κ2) is 8.32. The minimum Gasteiger partial charge on any atom is -0.478 e. The van der Waals surface area contributed by atoms with Crippen LogP contribution >= 0.6 is 0 Å². The van der Waals surface area contributed by atoms with Crippen LogP contribution in [0.2, 0.25) is 0 Å². The molecule has 0 aliphatic carbocycles.